The number of aliphatic hydroxyl groups is 1. The first-order valence-electron chi connectivity index (χ1n) is 5.15. The Kier molecular flexibility index (Phi) is 4.61. The van der Waals surface area contributed by atoms with Gasteiger partial charge >= 0.3 is 5.97 Å². The van der Waals surface area contributed by atoms with E-state index in [9.17, 15) is 14.0 Å². The van der Waals surface area contributed by atoms with Gasteiger partial charge in [-0.3, -0.25) is 4.79 Å². The van der Waals surface area contributed by atoms with Crippen LogP contribution in [0.15, 0.2) is 18.2 Å². The molecular weight excluding hydrogens is 243 g/mol. The van der Waals surface area contributed by atoms with Crippen molar-refractivity contribution < 1.29 is 24.2 Å². The summed E-state index contributed by atoms with van der Waals surface area (Å²) in [6, 6.07) is 2.20. The molecule has 0 saturated heterocycles. The second kappa shape index (κ2) is 5.97. The van der Waals surface area contributed by atoms with Gasteiger partial charge in [0.15, 0.2) is 0 Å². The summed E-state index contributed by atoms with van der Waals surface area (Å²) in [7, 11) is 0. The summed E-state index contributed by atoms with van der Waals surface area (Å²) in [4.78, 5) is 22.4. The first kappa shape index (κ1) is 13.9. The molecule has 1 aromatic carbocycles. The molecular formula is C11H13FN2O4. The van der Waals surface area contributed by atoms with Crippen molar-refractivity contribution in [2.45, 2.75) is 12.5 Å². The number of carbonyl (C=O) groups is 2. The van der Waals surface area contributed by atoms with Crippen LogP contribution in [0.4, 0.5) is 10.1 Å². The Morgan fingerprint density at radius 2 is 2.11 bits per heavy atom. The molecule has 0 aromatic heterocycles. The van der Waals surface area contributed by atoms with Gasteiger partial charge in [0.25, 0.3) is 5.91 Å². The maximum absolute atomic E-state index is 13.1. The summed E-state index contributed by atoms with van der Waals surface area (Å²) < 4.78 is 13.1. The number of nitrogens with two attached hydrogens (primary N) is 1. The molecule has 1 rings (SSSR count). The number of hydrogen-bond donors (Lipinski definition) is 4. The second-order valence-corrected chi connectivity index (χ2v) is 3.61. The van der Waals surface area contributed by atoms with Gasteiger partial charge in [-0.25, -0.2) is 9.18 Å². The van der Waals surface area contributed by atoms with E-state index in [1.165, 1.54) is 12.1 Å². The molecule has 1 atom stereocenters. The van der Waals surface area contributed by atoms with Crippen molar-refractivity contribution in [2.75, 3.05) is 12.3 Å². The van der Waals surface area contributed by atoms with Gasteiger partial charge in [-0.05, 0) is 18.2 Å². The third-order valence-electron chi connectivity index (χ3n) is 2.28. The molecule has 0 aliphatic carbocycles. The standard InChI is InChI=1S/C11H13FN2O4/c12-7-5-6(1-2-8(7)13)10(16)14-9(3-4-15)11(17)18/h1-2,5,9,15H,3-4,13H2,(H,14,16)(H,17,18)/t9-/m1/s1. The number of carbonyl (C=O) groups excluding carboxylic acids is 1. The molecule has 0 spiro atoms. The van der Waals surface area contributed by atoms with E-state index >= 15 is 0 Å². The zero-order valence-corrected chi connectivity index (χ0v) is 9.39. The number of nitrogens with one attached hydrogen (secondary N) is 1. The molecule has 1 aromatic rings. The van der Waals surface area contributed by atoms with Crippen molar-refractivity contribution >= 4 is 17.6 Å². The van der Waals surface area contributed by atoms with Crippen molar-refractivity contribution in [1.82, 2.24) is 5.32 Å². The van der Waals surface area contributed by atoms with Crippen LogP contribution in [0.2, 0.25) is 0 Å². The molecule has 18 heavy (non-hydrogen) atoms. The van der Waals surface area contributed by atoms with Gasteiger partial charge in [0.2, 0.25) is 0 Å². The molecule has 0 saturated carbocycles. The lowest BCUT2D eigenvalue weighted by atomic mass is 10.1. The van der Waals surface area contributed by atoms with Crippen molar-refractivity contribution in [3.8, 4) is 0 Å². The van der Waals surface area contributed by atoms with Crippen LogP contribution in [0.1, 0.15) is 16.8 Å². The summed E-state index contributed by atoms with van der Waals surface area (Å²) in [5.41, 5.74) is 5.12. The Balaban J connectivity index is 2.80. The van der Waals surface area contributed by atoms with Gasteiger partial charge in [-0.2, -0.15) is 0 Å². The average molecular weight is 256 g/mol. The smallest absolute Gasteiger partial charge is 0.326 e. The Bertz CT molecular complexity index is 464. The van der Waals surface area contributed by atoms with Crippen LogP contribution in [0, 0.1) is 5.82 Å². The van der Waals surface area contributed by atoms with E-state index in [1.54, 1.807) is 0 Å². The topological polar surface area (TPSA) is 113 Å². The highest BCUT2D eigenvalue weighted by atomic mass is 19.1. The van der Waals surface area contributed by atoms with E-state index in [2.05, 4.69) is 5.32 Å². The Labute approximate surface area is 102 Å². The van der Waals surface area contributed by atoms with E-state index in [1.807, 2.05) is 0 Å². The molecule has 0 bridgehead atoms. The van der Waals surface area contributed by atoms with Gasteiger partial charge in [-0.1, -0.05) is 0 Å². The highest BCUT2D eigenvalue weighted by Gasteiger charge is 2.20. The number of carboxylic acids is 1. The number of halogens is 1. The normalized spacial score (nSPS) is 11.9. The van der Waals surface area contributed by atoms with Gasteiger partial charge < -0.3 is 21.3 Å². The SMILES string of the molecule is Nc1ccc(C(=O)N[C@H](CCO)C(=O)O)cc1F. The van der Waals surface area contributed by atoms with Crippen LogP contribution in [0.5, 0.6) is 0 Å². The number of carboxylic acid groups (broad SMARTS) is 1. The number of aliphatic hydroxyl groups excluding tert-OH is 1. The number of aliphatic carboxylic acids is 1. The highest BCUT2D eigenvalue weighted by Crippen LogP contribution is 2.12. The van der Waals surface area contributed by atoms with Crippen LogP contribution in [0.3, 0.4) is 0 Å². The number of anilines is 1. The summed E-state index contributed by atoms with van der Waals surface area (Å²) in [5.74, 6) is -2.76. The van der Waals surface area contributed by atoms with E-state index in [4.69, 9.17) is 15.9 Å². The lowest BCUT2D eigenvalue weighted by Gasteiger charge is -2.13. The predicted octanol–water partition coefficient (Wildman–Crippen LogP) is -0.0267. The summed E-state index contributed by atoms with van der Waals surface area (Å²) in [5, 5.41) is 19.6. The lowest BCUT2D eigenvalue weighted by molar-refractivity contribution is -0.139. The highest BCUT2D eigenvalue weighted by molar-refractivity contribution is 5.96. The number of rotatable bonds is 5. The maximum Gasteiger partial charge on any atom is 0.326 e. The molecule has 0 aliphatic heterocycles. The van der Waals surface area contributed by atoms with E-state index in [-0.39, 0.29) is 24.3 Å². The molecule has 0 radical (unpaired) electrons. The number of hydrogen-bond acceptors (Lipinski definition) is 4. The fourth-order valence-corrected chi connectivity index (χ4v) is 1.30. The summed E-state index contributed by atoms with van der Waals surface area (Å²) >= 11 is 0. The van der Waals surface area contributed by atoms with Gasteiger partial charge in [0.05, 0.1) is 5.69 Å². The molecule has 0 aliphatic rings. The molecule has 0 unspecified atom stereocenters. The minimum atomic E-state index is -1.27. The van der Waals surface area contributed by atoms with Crippen molar-refractivity contribution in [2.24, 2.45) is 0 Å². The van der Waals surface area contributed by atoms with Gasteiger partial charge in [-0.15, -0.1) is 0 Å². The number of amides is 1. The quantitative estimate of drug-likeness (QED) is 0.553. The van der Waals surface area contributed by atoms with Crippen LogP contribution in [-0.4, -0.2) is 34.7 Å². The Morgan fingerprint density at radius 3 is 2.61 bits per heavy atom. The van der Waals surface area contributed by atoms with E-state index in [0.29, 0.717) is 0 Å². The fourth-order valence-electron chi connectivity index (χ4n) is 1.30. The van der Waals surface area contributed by atoms with Crippen LogP contribution in [0.25, 0.3) is 0 Å². The Morgan fingerprint density at radius 1 is 1.44 bits per heavy atom. The minimum absolute atomic E-state index is 0.0362. The minimum Gasteiger partial charge on any atom is -0.480 e. The maximum atomic E-state index is 13.1. The van der Waals surface area contributed by atoms with Crippen molar-refractivity contribution in [3.63, 3.8) is 0 Å². The number of nitrogen functional groups attached to an aromatic ring is 1. The average Bonchev–Trinajstić information content (AvgIpc) is 2.31. The molecule has 1 amide bonds. The third kappa shape index (κ3) is 3.42. The van der Waals surface area contributed by atoms with E-state index in [0.717, 1.165) is 6.07 Å². The van der Waals surface area contributed by atoms with Crippen molar-refractivity contribution in [3.05, 3.63) is 29.6 Å². The third-order valence-corrected chi connectivity index (χ3v) is 2.28. The van der Waals surface area contributed by atoms with Gasteiger partial charge in [0.1, 0.15) is 11.9 Å². The van der Waals surface area contributed by atoms with Crippen LogP contribution in [-0.2, 0) is 4.79 Å². The summed E-state index contributed by atoms with van der Waals surface area (Å²) in [6.45, 7) is -0.382. The number of benzene rings is 1. The summed E-state index contributed by atoms with van der Waals surface area (Å²) in [6.07, 6.45) is -0.126. The van der Waals surface area contributed by atoms with Crippen molar-refractivity contribution in [1.29, 1.82) is 0 Å². The van der Waals surface area contributed by atoms with Crippen LogP contribution < -0.4 is 11.1 Å². The Hall–Kier alpha value is -2.15. The first-order chi connectivity index (χ1) is 8.45. The molecule has 98 valence electrons. The largest absolute Gasteiger partial charge is 0.480 e. The zero-order chi connectivity index (χ0) is 13.7. The van der Waals surface area contributed by atoms with E-state index < -0.39 is 23.7 Å². The molecule has 0 fully saturated rings. The molecule has 7 heteroatoms. The fraction of sp³-hybridized carbons (Fsp3) is 0.273. The lowest BCUT2D eigenvalue weighted by Crippen LogP contribution is -2.41. The molecule has 0 heterocycles. The zero-order valence-electron chi connectivity index (χ0n) is 9.39. The first-order valence-corrected chi connectivity index (χ1v) is 5.15. The molecule has 5 N–H and O–H groups in total. The predicted molar refractivity (Wildman–Crippen MR) is 61.4 cm³/mol. The van der Waals surface area contributed by atoms with Crippen LogP contribution >= 0.6 is 0 Å². The molecule has 6 nitrogen and oxygen atoms in total. The second-order valence-electron chi connectivity index (χ2n) is 3.61. The monoisotopic (exact) mass is 256 g/mol. The van der Waals surface area contributed by atoms with Gasteiger partial charge in [0, 0.05) is 18.6 Å².